The van der Waals surface area contributed by atoms with Gasteiger partial charge >= 0.3 is 0 Å². The molecule has 0 aliphatic carbocycles. The summed E-state index contributed by atoms with van der Waals surface area (Å²) in [6.45, 7) is 2.38. The molecular weight excluding hydrogens is 228 g/mol. The predicted octanol–water partition coefficient (Wildman–Crippen LogP) is 1.05. The first-order valence-electron chi connectivity index (χ1n) is 5.80. The highest BCUT2D eigenvalue weighted by Crippen LogP contribution is 2.15. The molecule has 0 aliphatic heterocycles. The van der Waals surface area contributed by atoms with Crippen LogP contribution < -0.4 is 5.73 Å². The van der Waals surface area contributed by atoms with Crippen molar-refractivity contribution in [2.75, 3.05) is 13.6 Å². The van der Waals surface area contributed by atoms with E-state index in [2.05, 4.69) is 9.97 Å². The zero-order valence-electron chi connectivity index (χ0n) is 10.5. The molecule has 5 nitrogen and oxygen atoms in total. The van der Waals surface area contributed by atoms with E-state index in [1.807, 2.05) is 19.1 Å². The lowest BCUT2D eigenvalue weighted by atomic mass is 10.1. The average Bonchev–Trinajstić information content (AvgIpc) is 2.36. The van der Waals surface area contributed by atoms with Crippen LogP contribution in [-0.4, -0.2) is 40.4 Å². The molecule has 18 heavy (non-hydrogen) atoms. The summed E-state index contributed by atoms with van der Waals surface area (Å²) < 4.78 is 0. The summed E-state index contributed by atoms with van der Waals surface area (Å²) in [5.41, 5.74) is 7.61. The van der Waals surface area contributed by atoms with Crippen LogP contribution in [0.5, 0.6) is 0 Å². The molecule has 1 aromatic heterocycles. The van der Waals surface area contributed by atoms with E-state index in [4.69, 9.17) is 5.73 Å². The van der Waals surface area contributed by atoms with Gasteiger partial charge in [0.1, 0.15) is 5.52 Å². The third-order valence-corrected chi connectivity index (χ3v) is 2.64. The quantitative estimate of drug-likeness (QED) is 0.876. The van der Waals surface area contributed by atoms with Gasteiger partial charge < -0.3 is 10.6 Å². The first kappa shape index (κ1) is 12.4. The van der Waals surface area contributed by atoms with E-state index < -0.39 is 0 Å². The summed E-state index contributed by atoms with van der Waals surface area (Å²) in [5, 5.41) is 0. The van der Waals surface area contributed by atoms with Gasteiger partial charge in [-0.05, 0) is 19.1 Å². The van der Waals surface area contributed by atoms with E-state index in [0.717, 1.165) is 5.52 Å². The highest BCUT2D eigenvalue weighted by molar-refractivity contribution is 6.04. The number of benzene rings is 1. The molecular formula is C13H16N4O. The van der Waals surface area contributed by atoms with Crippen molar-refractivity contribution in [1.29, 1.82) is 0 Å². The minimum Gasteiger partial charge on any atom is -0.340 e. The number of carbonyl (C=O) groups is 1. The van der Waals surface area contributed by atoms with Crippen LogP contribution in [0.15, 0.2) is 30.6 Å². The monoisotopic (exact) mass is 244 g/mol. The predicted molar refractivity (Wildman–Crippen MR) is 70.1 cm³/mol. The summed E-state index contributed by atoms with van der Waals surface area (Å²) in [7, 11) is 1.74. The maximum atomic E-state index is 12.3. The van der Waals surface area contributed by atoms with Crippen molar-refractivity contribution < 1.29 is 4.79 Å². The van der Waals surface area contributed by atoms with Crippen LogP contribution in [0.3, 0.4) is 0 Å². The van der Waals surface area contributed by atoms with Crippen molar-refractivity contribution in [3.8, 4) is 0 Å². The molecule has 0 radical (unpaired) electrons. The standard InChI is InChI=1S/C13H16N4O/c1-9(14)8-17(2)13(18)10-4-3-5-11-12(10)16-7-6-15-11/h3-7,9H,8,14H2,1-2H3. The number of aromatic nitrogens is 2. The zero-order valence-corrected chi connectivity index (χ0v) is 10.5. The van der Waals surface area contributed by atoms with Gasteiger partial charge in [0.2, 0.25) is 0 Å². The number of nitrogens with two attached hydrogens (primary N) is 1. The molecule has 1 aromatic carbocycles. The van der Waals surface area contributed by atoms with Gasteiger partial charge in [-0.2, -0.15) is 0 Å². The average molecular weight is 244 g/mol. The van der Waals surface area contributed by atoms with Gasteiger partial charge in [0.25, 0.3) is 5.91 Å². The number of hydrogen-bond donors (Lipinski definition) is 1. The smallest absolute Gasteiger partial charge is 0.255 e. The molecule has 94 valence electrons. The van der Waals surface area contributed by atoms with Crippen LogP contribution in [0.25, 0.3) is 11.0 Å². The molecule has 0 saturated carbocycles. The Morgan fingerprint density at radius 3 is 2.83 bits per heavy atom. The van der Waals surface area contributed by atoms with Crippen LogP contribution in [-0.2, 0) is 0 Å². The van der Waals surface area contributed by atoms with Gasteiger partial charge in [0.05, 0.1) is 11.1 Å². The largest absolute Gasteiger partial charge is 0.340 e. The lowest BCUT2D eigenvalue weighted by Gasteiger charge is -2.19. The summed E-state index contributed by atoms with van der Waals surface area (Å²) in [6, 6.07) is 5.35. The Bertz CT molecular complexity index is 562. The molecule has 1 heterocycles. The van der Waals surface area contributed by atoms with Crippen molar-refractivity contribution >= 4 is 16.9 Å². The van der Waals surface area contributed by atoms with Crippen molar-refractivity contribution in [2.45, 2.75) is 13.0 Å². The SMILES string of the molecule is CC(N)CN(C)C(=O)c1cccc2nccnc12. The van der Waals surface area contributed by atoms with E-state index in [1.54, 1.807) is 30.4 Å². The van der Waals surface area contributed by atoms with E-state index in [0.29, 0.717) is 17.6 Å². The molecule has 5 heteroatoms. The normalized spacial score (nSPS) is 12.4. The maximum absolute atomic E-state index is 12.3. The topological polar surface area (TPSA) is 72.1 Å². The van der Waals surface area contributed by atoms with Crippen LogP contribution >= 0.6 is 0 Å². The van der Waals surface area contributed by atoms with Crippen molar-refractivity contribution in [2.24, 2.45) is 5.73 Å². The Labute approximate surface area is 106 Å². The first-order valence-corrected chi connectivity index (χ1v) is 5.80. The van der Waals surface area contributed by atoms with Crippen molar-refractivity contribution in [3.05, 3.63) is 36.2 Å². The number of para-hydroxylation sites is 1. The van der Waals surface area contributed by atoms with Crippen molar-refractivity contribution in [1.82, 2.24) is 14.9 Å². The minimum absolute atomic E-state index is 0.0555. The second-order valence-electron chi connectivity index (χ2n) is 4.39. The molecule has 1 unspecified atom stereocenters. The molecule has 0 aliphatic rings. The minimum atomic E-state index is -0.0848. The Morgan fingerprint density at radius 2 is 2.11 bits per heavy atom. The third kappa shape index (κ3) is 2.46. The van der Waals surface area contributed by atoms with E-state index in [9.17, 15) is 4.79 Å². The van der Waals surface area contributed by atoms with Crippen LogP contribution in [0.4, 0.5) is 0 Å². The van der Waals surface area contributed by atoms with E-state index in [1.165, 1.54) is 0 Å². The van der Waals surface area contributed by atoms with Crippen molar-refractivity contribution in [3.63, 3.8) is 0 Å². The number of amides is 1. The number of hydrogen-bond acceptors (Lipinski definition) is 4. The Kier molecular flexibility index (Phi) is 3.53. The van der Waals surface area contributed by atoms with Gasteiger partial charge in [-0.15, -0.1) is 0 Å². The van der Waals surface area contributed by atoms with Crippen LogP contribution in [0.2, 0.25) is 0 Å². The highest BCUT2D eigenvalue weighted by Gasteiger charge is 2.16. The molecule has 1 atom stereocenters. The molecule has 2 rings (SSSR count). The Morgan fingerprint density at radius 1 is 1.39 bits per heavy atom. The Balaban J connectivity index is 2.39. The number of fused-ring (bicyclic) bond motifs is 1. The zero-order chi connectivity index (χ0) is 13.1. The number of rotatable bonds is 3. The highest BCUT2D eigenvalue weighted by atomic mass is 16.2. The fourth-order valence-electron chi connectivity index (χ4n) is 1.89. The molecule has 1 amide bonds. The fraction of sp³-hybridized carbons (Fsp3) is 0.308. The molecule has 0 spiro atoms. The second-order valence-corrected chi connectivity index (χ2v) is 4.39. The maximum Gasteiger partial charge on any atom is 0.255 e. The second kappa shape index (κ2) is 5.10. The van der Waals surface area contributed by atoms with Gasteiger partial charge in [-0.3, -0.25) is 14.8 Å². The lowest BCUT2D eigenvalue weighted by Crippen LogP contribution is -2.37. The van der Waals surface area contributed by atoms with Gasteiger partial charge in [0.15, 0.2) is 0 Å². The van der Waals surface area contributed by atoms with E-state index >= 15 is 0 Å². The van der Waals surface area contributed by atoms with Gasteiger partial charge in [-0.25, -0.2) is 0 Å². The number of carbonyl (C=O) groups excluding carboxylic acids is 1. The number of nitrogens with zero attached hydrogens (tertiary/aromatic N) is 3. The summed E-state index contributed by atoms with van der Waals surface area (Å²) in [4.78, 5) is 22.3. The first-order chi connectivity index (χ1) is 8.59. The van der Waals surface area contributed by atoms with Crippen LogP contribution in [0.1, 0.15) is 17.3 Å². The molecule has 2 aromatic rings. The molecule has 0 saturated heterocycles. The fourth-order valence-corrected chi connectivity index (χ4v) is 1.89. The van der Waals surface area contributed by atoms with E-state index in [-0.39, 0.29) is 11.9 Å². The van der Waals surface area contributed by atoms with Crippen LogP contribution in [0, 0.1) is 0 Å². The Hall–Kier alpha value is -2.01. The molecule has 0 bridgehead atoms. The molecule has 0 fully saturated rings. The lowest BCUT2D eigenvalue weighted by molar-refractivity contribution is 0.0790. The summed E-state index contributed by atoms with van der Waals surface area (Å²) in [6.07, 6.45) is 3.20. The van der Waals surface area contributed by atoms with Gasteiger partial charge in [-0.1, -0.05) is 6.07 Å². The number of likely N-dealkylation sites (N-methyl/N-ethyl adjacent to an activating group) is 1. The summed E-state index contributed by atoms with van der Waals surface area (Å²) in [5.74, 6) is -0.0848. The third-order valence-electron chi connectivity index (χ3n) is 2.64. The molecule has 2 N–H and O–H groups in total. The summed E-state index contributed by atoms with van der Waals surface area (Å²) >= 11 is 0. The van der Waals surface area contributed by atoms with Gasteiger partial charge in [0, 0.05) is 32.0 Å².